The zero-order valence-corrected chi connectivity index (χ0v) is 15.4. The normalized spacial score (nSPS) is 10.8. The molecule has 0 saturated heterocycles. The molecule has 1 heterocycles. The van der Waals surface area contributed by atoms with Crippen LogP contribution >= 0.6 is 23.4 Å². The molecule has 0 unspecified atom stereocenters. The van der Waals surface area contributed by atoms with E-state index in [1.54, 1.807) is 18.9 Å². The fourth-order valence-electron chi connectivity index (χ4n) is 2.53. The van der Waals surface area contributed by atoms with E-state index in [0.29, 0.717) is 10.8 Å². The number of benzene rings is 2. The van der Waals surface area contributed by atoms with Gasteiger partial charge in [-0.15, -0.1) is 10.2 Å². The second-order valence-corrected chi connectivity index (χ2v) is 6.78. The summed E-state index contributed by atoms with van der Waals surface area (Å²) in [5, 5.41) is 10.1. The lowest BCUT2D eigenvalue weighted by Crippen LogP contribution is -2.01. The Morgan fingerprint density at radius 1 is 1.12 bits per heavy atom. The summed E-state index contributed by atoms with van der Waals surface area (Å²) in [4.78, 5) is 0. The molecule has 3 aromatic rings. The second-order valence-electron chi connectivity index (χ2n) is 5.40. The van der Waals surface area contributed by atoms with Crippen molar-refractivity contribution in [1.82, 2.24) is 14.8 Å². The fraction of sp³-hybridized carbons (Fsp3) is 0.222. The van der Waals surface area contributed by atoms with Gasteiger partial charge in [0, 0.05) is 16.3 Å². The first-order chi connectivity index (χ1) is 11.6. The number of rotatable bonds is 5. The molecule has 1 aromatic heterocycles. The molecule has 3 rings (SSSR count). The van der Waals surface area contributed by atoms with E-state index in [0.717, 1.165) is 28.0 Å². The van der Waals surface area contributed by atoms with Crippen molar-refractivity contribution in [3.8, 4) is 11.4 Å². The summed E-state index contributed by atoms with van der Waals surface area (Å²) in [7, 11) is 1.66. The maximum Gasteiger partial charge on any atom is 0.196 e. The van der Waals surface area contributed by atoms with Gasteiger partial charge < -0.3 is 4.74 Å². The maximum absolute atomic E-state index is 6.11. The topological polar surface area (TPSA) is 39.9 Å². The molecule has 0 saturated carbocycles. The van der Waals surface area contributed by atoms with E-state index in [1.165, 1.54) is 5.56 Å². The molecule has 0 bridgehead atoms. The molecule has 0 fully saturated rings. The third-order valence-electron chi connectivity index (χ3n) is 3.75. The van der Waals surface area contributed by atoms with Crippen molar-refractivity contribution in [3.05, 3.63) is 64.4 Å². The molecule has 0 N–H and O–H groups in total. The van der Waals surface area contributed by atoms with Gasteiger partial charge in [0.15, 0.2) is 5.16 Å². The third kappa shape index (κ3) is 3.42. The highest BCUT2D eigenvalue weighted by Crippen LogP contribution is 2.31. The van der Waals surface area contributed by atoms with E-state index in [9.17, 15) is 0 Å². The lowest BCUT2D eigenvalue weighted by molar-refractivity contribution is 0.411. The minimum Gasteiger partial charge on any atom is -0.496 e. The highest BCUT2D eigenvalue weighted by Gasteiger charge is 2.14. The van der Waals surface area contributed by atoms with Crippen molar-refractivity contribution < 1.29 is 4.74 Å². The van der Waals surface area contributed by atoms with Crippen LogP contribution in [0, 0.1) is 13.8 Å². The van der Waals surface area contributed by atoms with Gasteiger partial charge in [0.2, 0.25) is 0 Å². The van der Waals surface area contributed by atoms with Gasteiger partial charge in [-0.1, -0.05) is 41.6 Å². The van der Waals surface area contributed by atoms with Crippen LogP contribution in [0.25, 0.3) is 5.69 Å². The molecular formula is C18H18ClN3OS. The molecule has 0 aliphatic carbocycles. The van der Waals surface area contributed by atoms with Crippen molar-refractivity contribution in [1.29, 1.82) is 0 Å². The number of ether oxygens (including phenoxy) is 1. The molecule has 2 aromatic carbocycles. The summed E-state index contributed by atoms with van der Waals surface area (Å²) in [6, 6.07) is 13.9. The average molecular weight is 360 g/mol. The molecule has 0 aliphatic heterocycles. The van der Waals surface area contributed by atoms with E-state index in [2.05, 4.69) is 33.8 Å². The van der Waals surface area contributed by atoms with Crippen molar-refractivity contribution in [2.75, 3.05) is 7.11 Å². The van der Waals surface area contributed by atoms with E-state index >= 15 is 0 Å². The minimum atomic E-state index is 0.697. The number of aromatic nitrogens is 3. The zero-order valence-electron chi connectivity index (χ0n) is 13.8. The van der Waals surface area contributed by atoms with E-state index in [4.69, 9.17) is 16.3 Å². The lowest BCUT2D eigenvalue weighted by atomic mass is 10.2. The Morgan fingerprint density at radius 2 is 1.92 bits per heavy atom. The highest BCUT2D eigenvalue weighted by molar-refractivity contribution is 7.98. The van der Waals surface area contributed by atoms with Gasteiger partial charge in [-0.2, -0.15) is 0 Å². The highest BCUT2D eigenvalue weighted by atomic mass is 35.5. The van der Waals surface area contributed by atoms with Crippen LogP contribution in [0.1, 0.15) is 17.0 Å². The van der Waals surface area contributed by atoms with Crippen LogP contribution in [0.15, 0.2) is 47.6 Å². The summed E-state index contributed by atoms with van der Waals surface area (Å²) < 4.78 is 7.49. The average Bonchev–Trinajstić information content (AvgIpc) is 2.94. The predicted molar refractivity (Wildman–Crippen MR) is 98.4 cm³/mol. The van der Waals surface area contributed by atoms with Crippen LogP contribution < -0.4 is 4.74 Å². The number of para-hydroxylation sites is 1. The van der Waals surface area contributed by atoms with Gasteiger partial charge >= 0.3 is 0 Å². The molecule has 0 amide bonds. The van der Waals surface area contributed by atoms with Gasteiger partial charge in [-0.25, -0.2) is 0 Å². The number of aryl methyl sites for hydroxylation is 2. The van der Waals surface area contributed by atoms with Crippen molar-refractivity contribution in [2.45, 2.75) is 24.8 Å². The molecule has 24 heavy (non-hydrogen) atoms. The van der Waals surface area contributed by atoms with Gasteiger partial charge in [0.05, 0.1) is 12.8 Å². The Labute approximate surface area is 150 Å². The number of hydrogen-bond acceptors (Lipinski definition) is 4. The number of hydrogen-bond donors (Lipinski definition) is 0. The standard InChI is InChI=1S/C18H18ClN3OS/c1-12-6-4-5-7-16(12)22-13(2)20-21-18(22)24-11-14-10-15(19)8-9-17(14)23-3/h4-10H,11H2,1-3H3. The Hall–Kier alpha value is -1.98. The first-order valence-electron chi connectivity index (χ1n) is 7.53. The Balaban J connectivity index is 1.90. The molecular weight excluding hydrogens is 342 g/mol. The SMILES string of the molecule is COc1ccc(Cl)cc1CSc1nnc(C)n1-c1ccccc1C. The molecule has 124 valence electrons. The summed E-state index contributed by atoms with van der Waals surface area (Å²) in [6.07, 6.45) is 0. The summed E-state index contributed by atoms with van der Waals surface area (Å²) in [6.45, 7) is 4.05. The third-order valence-corrected chi connectivity index (χ3v) is 4.96. The molecule has 0 atom stereocenters. The Kier molecular flexibility index (Phi) is 5.11. The quantitative estimate of drug-likeness (QED) is 0.611. The fourth-order valence-corrected chi connectivity index (χ4v) is 3.69. The van der Waals surface area contributed by atoms with Crippen molar-refractivity contribution >= 4 is 23.4 Å². The van der Waals surface area contributed by atoms with Gasteiger partial charge in [-0.3, -0.25) is 4.57 Å². The molecule has 4 nitrogen and oxygen atoms in total. The number of thioether (sulfide) groups is 1. The largest absolute Gasteiger partial charge is 0.496 e. The number of methoxy groups -OCH3 is 1. The molecule has 6 heteroatoms. The van der Waals surface area contributed by atoms with Crippen molar-refractivity contribution in [3.63, 3.8) is 0 Å². The van der Waals surface area contributed by atoms with Crippen LogP contribution in [0.2, 0.25) is 5.02 Å². The predicted octanol–water partition coefficient (Wildman–Crippen LogP) is 4.84. The molecule has 0 radical (unpaired) electrons. The van der Waals surface area contributed by atoms with E-state index in [1.807, 2.05) is 37.3 Å². The zero-order chi connectivity index (χ0) is 17.1. The van der Waals surface area contributed by atoms with Gasteiger partial charge in [-0.05, 0) is 43.7 Å². The van der Waals surface area contributed by atoms with Crippen LogP contribution in [0.4, 0.5) is 0 Å². The Morgan fingerprint density at radius 3 is 2.67 bits per heavy atom. The molecule has 0 spiro atoms. The number of halogens is 1. The van der Waals surface area contributed by atoms with Gasteiger partial charge in [0.25, 0.3) is 0 Å². The van der Waals surface area contributed by atoms with Gasteiger partial charge in [0.1, 0.15) is 11.6 Å². The maximum atomic E-state index is 6.11. The lowest BCUT2D eigenvalue weighted by Gasteiger charge is -2.12. The van der Waals surface area contributed by atoms with Crippen molar-refractivity contribution in [2.24, 2.45) is 0 Å². The van der Waals surface area contributed by atoms with Crippen LogP contribution in [0.3, 0.4) is 0 Å². The van der Waals surface area contributed by atoms with E-state index in [-0.39, 0.29) is 0 Å². The monoisotopic (exact) mass is 359 g/mol. The first kappa shape index (κ1) is 16.9. The van der Waals surface area contributed by atoms with Crippen LogP contribution in [-0.2, 0) is 5.75 Å². The summed E-state index contributed by atoms with van der Waals surface area (Å²) in [5.41, 5.74) is 3.31. The molecule has 0 aliphatic rings. The first-order valence-corrected chi connectivity index (χ1v) is 8.89. The summed E-state index contributed by atoms with van der Waals surface area (Å²) >= 11 is 7.72. The van der Waals surface area contributed by atoms with Crippen LogP contribution in [-0.4, -0.2) is 21.9 Å². The minimum absolute atomic E-state index is 0.697. The second kappa shape index (κ2) is 7.28. The number of nitrogens with zero attached hydrogens (tertiary/aromatic N) is 3. The smallest absolute Gasteiger partial charge is 0.196 e. The van der Waals surface area contributed by atoms with E-state index < -0.39 is 0 Å². The van der Waals surface area contributed by atoms with Crippen LogP contribution in [0.5, 0.6) is 5.75 Å². The summed E-state index contributed by atoms with van der Waals surface area (Å²) in [5.74, 6) is 2.39. The Bertz CT molecular complexity index is 863.